The topological polar surface area (TPSA) is 114 Å². The minimum absolute atomic E-state index is 0.0471. The van der Waals surface area contributed by atoms with E-state index in [1.807, 2.05) is 41.1 Å². The van der Waals surface area contributed by atoms with Crippen molar-refractivity contribution >= 4 is 27.6 Å². The van der Waals surface area contributed by atoms with E-state index in [4.69, 9.17) is 4.74 Å². The number of hydrogen-bond acceptors (Lipinski definition) is 7. The summed E-state index contributed by atoms with van der Waals surface area (Å²) in [4.78, 5) is 23.5. The fraction of sp³-hybridized carbons (Fsp3) is 0.346. The number of aryl methyl sites for hydroxylation is 1. The molecule has 2 aliphatic rings. The molecule has 3 aromatic rings. The summed E-state index contributed by atoms with van der Waals surface area (Å²) in [7, 11) is -3.68. The van der Waals surface area contributed by atoms with Crippen LogP contribution in [0.3, 0.4) is 0 Å². The number of pyridine rings is 2. The molecule has 2 amide bonds. The number of sulfonamides is 1. The lowest BCUT2D eigenvalue weighted by molar-refractivity contribution is 0.164. The van der Waals surface area contributed by atoms with Crippen LogP contribution >= 0.6 is 0 Å². The van der Waals surface area contributed by atoms with E-state index in [1.54, 1.807) is 12.4 Å². The fourth-order valence-corrected chi connectivity index (χ4v) is 5.30. The summed E-state index contributed by atoms with van der Waals surface area (Å²) >= 11 is 0. The molecular weight excluding hydrogens is 478 g/mol. The van der Waals surface area contributed by atoms with E-state index >= 15 is 0 Å². The van der Waals surface area contributed by atoms with Gasteiger partial charge in [0.15, 0.2) is 0 Å². The number of amides is 2. The van der Waals surface area contributed by atoms with Crippen LogP contribution in [0.25, 0.3) is 11.1 Å². The van der Waals surface area contributed by atoms with Crippen LogP contribution in [0.5, 0.6) is 5.88 Å². The fourth-order valence-electron chi connectivity index (χ4n) is 4.91. The van der Waals surface area contributed by atoms with E-state index in [0.29, 0.717) is 11.6 Å². The first kappa shape index (κ1) is 24.1. The Kier molecular flexibility index (Phi) is 6.77. The van der Waals surface area contributed by atoms with Crippen molar-refractivity contribution in [2.45, 2.75) is 38.2 Å². The van der Waals surface area contributed by atoms with Gasteiger partial charge in [-0.3, -0.25) is 0 Å². The quantitative estimate of drug-likeness (QED) is 0.522. The van der Waals surface area contributed by atoms with Crippen molar-refractivity contribution in [3.05, 3.63) is 66.0 Å². The van der Waals surface area contributed by atoms with E-state index in [9.17, 15) is 13.2 Å². The highest BCUT2D eigenvalue weighted by Crippen LogP contribution is 2.38. The Morgan fingerprint density at radius 3 is 2.64 bits per heavy atom. The summed E-state index contributed by atoms with van der Waals surface area (Å²) in [6, 6.07) is 12.9. The smallest absolute Gasteiger partial charge is 0.332 e. The molecule has 0 bridgehead atoms. The standard InChI is InChI=1S/C26H29N5O4S/c1-36(33,34)30-26(32)29-25-21-6-4-5-18(21)8-9-22(25)19-10-14-28-24(17-19)35-20-11-15-31(16-12-20)23-7-2-3-13-27-23/h2-3,7-10,13-14,17,20H,4-6,11-12,15-16H2,1H3,(H2,29,30,32). The van der Waals surface area contributed by atoms with Crippen LogP contribution in [0.2, 0.25) is 0 Å². The second-order valence-electron chi connectivity index (χ2n) is 9.18. The lowest BCUT2D eigenvalue weighted by Crippen LogP contribution is -2.38. The number of piperidine rings is 1. The number of nitrogens with one attached hydrogen (secondary N) is 2. The van der Waals surface area contributed by atoms with Gasteiger partial charge in [0.2, 0.25) is 15.9 Å². The van der Waals surface area contributed by atoms with Crippen molar-refractivity contribution in [1.29, 1.82) is 0 Å². The Morgan fingerprint density at radius 1 is 1.06 bits per heavy atom. The third kappa shape index (κ3) is 5.59. The maximum atomic E-state index is 12.4. The third-order valence-corrected chi connectivity index (χ3v) is 7.10. The summed E-state index contributed by atoms with van der Waals surface area (Å²) in [6.07, 6.45) is 8.96. The summed E-state index contributed by atoms with van der Waals surface area (Å²) in [5, 5.41) is 2.79. The molecule has 1 saturated heterocycles. The zero-order valence-corrected chi connectivity index (χ0v) is 20.9. The summed E-state index contributed by atoms with van der Waals surface area (Å²) in [5.41, 5.74) is 4.48. The predicted octanol–water partition coefficient (Wildman–Crippen LogP) is 3.76. The molecule has 0 spiro atoms. The number of ether oxygens (including phenoxy) is 1. The second kappa shape index (κ2) is 10.1. The molecule has 1 aliphatic heterocycles. The van der Waals surface area contributed by atoms with Gasteiger partial charge in [-0.15, -0.1) is 0 Å². The maximum absolute atomic E-state index is 12.4. The Morgan fingerprint density at radius 2 is 1.89 bits per heavy atom. The van der Waals surface area contributed by atoms with Crippen molar-refractivity contribution in [2.75, 3.05) is 29.6 Å². The van der Waals surface area contributed by atoms with Crippen LogP contribution in [0.4, 0.5) is 16.3 Å². The number of rotatable bonds is 6. The minimum Gasteiger partial charge on any atom is -0.474 e. The first-order chi connectivity index (χ1) is 17.4. The van der Waals surface area contributed by atoms with Crippen molar-refractivity contribution in [2.24, 2.45) is 0 Å². The Bertz CT molecular complexity index is 1360. The lowest BCUT2D eigenvalue weighted by atomic mass is 9.98. The van der Waals surface area contributed by atoms with Crippen molar-refractivity contribution in [1.82, 2.24) is 14.7 Å². The number of anilines is 2. The number of carbonyl (C=O) groups is 1. The van der Waals surface area contributed by atoms with Gasteiger partial charge in [-0.25, -0.2) is 27.9 Å². The number of urea groups is 1. The zero-order valence-electron chi connectivity index (χ0n) is 20.1. The number of nitrogens with zero attached hydrogens (tertiary/aromatic N) is 3. The predicted molar refractivity (Wildman–Crippen MR) is 139 cm³/mol. The van der Waals surface area contributed by atoms with Gasteiger partial charge in [-0.2, -0.15) is 0 Å². The summed E-state index contributed by atoms with van der Waals surface area (Å²) < 4.78 is 31.3. The van der Waals surface area contributed by atoms with Gasteiger partial charge in [-0.1, -0.05) is 18.2 Å². The molecular formula is C26H29N5O4S. The maximum Gasteiger partial charge on any atom is 0.332 e. The number of hydrogen-bond donors (Lipinski definition) is 2. The first-order valence-corrected chi connectivity index (χ1v) is 14.0. The molecule has 1 aromatic carbocycles. The molecule has 5 rings (SSSR count). The number of benzene rings is 1. The van der Waals surface area contributed by atoms with Gasteiger partial charge < -0.3 is 15.0 Å². The number of fused-ring (bicyclic) bond motifs is 1. The van der Waals surface area contributed by atoms with E-state index in [2.05, 4.69) is 26.3 Å². The van der Waals surface area contributed by atoms with E-state index in [-0.39, 0.29) is 6.10 Å². The third-order valence-electron chi connectivity index (χ3n) is 6.55. The molecule has 3 heterocycles. The molecule has 0 radical (unpaired) electrons. The van der Waals surface area contributed by atoms with Crippen molar-refractivity contribution < 1.29 is 17.9 Å². The minimum atomic E-state index is -3.68. The van der Waals surface area contributed by atoms with Gasteiger partial charge in [0.25, 0.3) is 0 Å². The second-order valence-corrected chi connectivity index (χ2v) is 10.9. The van der Waals surface area contributed by atoms with E-state index in [0.717, 1.165) is 74.0 Å². The van der Waals surface area contributed by atoms with Crippen LogP contribution in [0, 0.1) is 0 Å². The molecule has 0 saturated carbocycles. The van der Waals surface area contributed by atoms with Gasteiger partial charge in [0.05, 0.1) is 11.9 Å². The van der Waals surface area contributed by atoms with Gasteiger partial charge in [0, 0.05) is 50.0 Å². The average molecular weight is 508 g/mol. The molecule has 2 N–H and O–H groups in total. The number of carbonyl (C=O) groups excluding carboxylic acids is 1. The number of aromatic nitrogens is 2. The van der Waals surface area contributed by atoms with E-state index < -0.39 is 16.1 Å². The monoisotopic (exact) mass is 507 g/mol. The van der Waals surface area contributed by atoms with Gasteiger partial charge in [0.1, 0.15) is 11.9 Å². The van der Waals surface area contributed by atoms with Gasteiger partial charge in [-0.05, 0) is 54.2 Å². The molecule has 10 heteroatoms. The van der Waals surface area contributed by atoms with E-state index in [1.165, 1.54) is 5.56 Å². The van der Waals surface area contributed by atoms with Gasteiger partial charge >= 0.3 is 6.03 Å². The lowest BCUT2D eigenvalue weighted by Gasteiger charge is -2.32. The molecule has 2 aromatic heterocycles. The highest BCUT2D eigenvalue weighted by molar-refractivity contribution is 7.89. The average Bonchev–Trinajstić information content (AvgIpc) is 3.34. The summed E-state index contributed by atoms with van der Waals surface area (Å²) in [6.45, 7) is 1.71. The molecule has 1 aliphatic carbocycles. The van der Waals surface area contributed by atoms with Crippen LogP contribution in [-0.4, -0.2) is 49.9 Å². The molecule has 0 unspecified atom stereocenters. The van der Waals surface area contributed by atoms with Crippen molar-refractivity contribution in [3.63, 3.8) is 0 Å². The SMILES string of the molecule is CS(=O)(=O)NC(=O)Nc1c(-c2ccnc(OC3CCN(c4ccccn4)CC3)c2)ccc2c1CCC2. The molecule has 1 fully saturated rings. The largest absolute Gasteiger partial charge is 0.474 e. The van der Waals surface area contributed by atoms with Crippen LogP contribution in [-0.2, 0) is 22.9 Å². The molecule has 9 nitrogen and oxygen atoms in total. The zero-order chi connectivity index (χ0) is 25.1. The highest BCUT2D eigenvalue weighted by atomic mass is 32.2. The Balaban J connectivity index is 1.33. The van der Waals surface area contributed by atoms with Crippen LogP contribution < -0.4 is 19.7 Å². The normalized spacial score (nSPS) is 15.9. The molecule has 188 valence electrons. The molecule has 0 atom stereocenters. The highest BCUT2D eigenvalue weighted by Gasteiger charge is 2.24. The summed E-state index contributed by atoms with van der Waals surface area (Å²) in [5.74, 6) is 1.50. The van der Waals surface area contributed by atoms with Crippen molar-refractivity contribution in [3.8, 4) is 17.0 Å². The molecule has 36 heavy (non-hydrogen) atoms. The Labute approximate surface area is 211 Å². The first-order valence-electron chi connectivity index (χ1n) is 12.1. The van der Waals surface area contributed by atoms with Crippen LogP contribution in [0.1, 0.15) is 30.4 Å². The van der Waals surface area contributed by atoms with Crippen LogP contribution in [0.15, 0.2) is 54.9 Å². The Hall–Kier alpha value is -3.66.